The van der Waals surface area contributed by atoms with Crippen molar-refractivity contribution < 1.29 is 4.74 Å². The average molecular weight is 272 g/mol. The van der Waals surface area contributed by atoms with Gasteiger partial charge in [-0.2, -0.15) is 0 Å². The van der Waals surface area contributed by atoms with Crippen molar-refractivity contribution in [1.82, 2.24) is 9.88 Å². The predicted molar refractivity (Wildman–Crippen MR) is 83.2 cm³/mol. The predicted octanol–water partition coefficient (Wildman–Crippen LogP) is 3.61. The van der Waals surface area contributed by atoms with Crippen molar-refractivity contribution >= 4 is 0 Å². The molecule has 0 spiro atoms. The normalized spacial score (nSPS) is 12.3. The van der Waals surface area contributed by atoms with Gasteiger partial charge in [-0.25, -0.2) is 0 Å². The van der Waals surface area contributed by atoms with Gasteiger partial charge in [0, 0.05) is 23.5 Å². The van der Waals surface area contributed by atoms with Crippen LogP contribution in [0.4, 0.5) is 0 Å². The highest BCUT2D eigenvalue weighted by Crippen LogP contribution is 2.21. The molecule has 1 aromatic heterocycles. The van der Waals surface area contributed by atoms with Crippen LogP contribution in [0.5, 0.6) is 5.75 Å². The van der Waals surface area contributed by atoms with E-state index in [1.807, 2.05) is 12.1 Å². The summed E-state index contributed by atoms with van der Waals surface area (Å²) in [7, 11) is 1.72. The number of para-hydroxylation sites is 1. The molecule has 20 heavy (non-hydrogen) atoms. The first-order valence-corrected chi connectivity index (χ1v) is 7.26. The molecule has 0 aliphatic heterocycles. The molecule has 0 aliphatic carbocycles. The lowest BCUT2D eigenvalue weighted by atomic mass is 10.2. The standard InChI is InChI=1S/C17H24N2O/c1-4-11-18-14(2)16-9-7-12-19(16)13-15-8-5-6-10-17(15)20-3/h5-10,12,14,18H,4,11,13H2,1-3H3. The number of nitrogens with zero attached hydrogens (tertiary/aromatic N) is 1. The summed E-state index contributed by atoms with van der Waals surface area (Å²) >= 11 is 0. The molecule has 2 aromatic rings. The third kappa shape index (κ3) is 3.42. The van der Waals surface area contributed by atoms with Gasteiger partial charge in [-0.1, -0.05) is 25.1 Å². The van der Waals surface area contributed by atoms with E-state index in [-0.39, 0.29) is 0 Å². The molecular weight excluding hydrogens is 248 g/mol. The molecule has 2 rings (SSSR count). The third-order valence-corrected chi connectivity index (χ3v) is 3.54. The third-order valence-electron chi connectivity index (χ3n) is 3.54. The van der Waals surface area contributed by atoms with E-state index in [9.17, 15) is 0 Å². The Hall–Kier alpha value is -1.74. The molecule has 108 valence electrons. The van der Waals surface area contributed by atoms with E-state index in [2.05, 4.69) is 54.2 Å². The zero-order chi connectivity index (χ0) is 14.4. The average Bonchev–Trinajstić information content (AvgIpc) is 2.93. The number of benzene rings is 1. The molecule has 0 aliphatic rings. The summed E-state index contributed by atoms with van der Waals surface area (Å²) < 4.78 is 7.71. The molecule has 1 aromatic carbocycles. The second-order valence-corrected chi connectivity index (χ2v) is 5.05. The van der Waals surface area contributed by atoms with Crippen molar-refractivity contribution in [3.8, 4) is 5.75 Å². The molecule has 0 radical (unpaired) electrons. The maximum atomic E-state index is 5.43. The minimum atomic E-state index is 0.361. The molecule has 0 bridgehead atoms. The lowest BCUT2D eigenvalue weighted by Crippen LogP contribution is -2.22. The van der Waals surface area contributed by atoms with Gasteiger partial charge in [-0.15, -0.1) is 0 Å². The van der Waals surface area contributed by atoms with Crippen LogP contribution in [0, 0.1) is 0 Å². The number of nitrogens with one attached hydrogen (secondary N) is 1. The van der Waals surface area contributed by atoms with Crippen LogP contribution in [-0.2, 0) is 6.54 Å². The monoisotopic (exact) mass is 272 g/mol. The Bertz CT molecular complexity index is 533. The molecule has 3 heteroatoms. The maximum absolute atomic E-state index is 5.43. The minimum Gasteiger partial charge on any atom is -0.496 e. The van der Waals surface area contributed by atoms with Crippen molar-refractivity contribution in [2.75, 3.05) is 13.7 Å². The highest BCUT2D eigenvalue weighted by Gasteiger charge is 2.10. The summed E-state index contributed by atoms with van der Waals surface area (Å²) in [6, 6.07) is 12.8. The van der Waals surface area contributed by atoms with E-state index in [1.165, 1.54) is 11.3 Å². The molecular formula is C17H24N2O. The lowest BCUT2D eigenvalue weighted by molar-refractivity contribution is 0.407. The Morgan fingerprint density at radius 3 is 2.75 bits per heavy atom. The van der Waals surface area contributed by atoms with Crippen molar-refractivity contribution in [2.24, 2.45) is 0 Å². The maximum Gasteiger partial charge on any atom is 0.123 e. The first-order valence-electron chi connectivity index (χ1n) is 7.26. The van der Waals surface area contributed by atoms with E-state index in [1.54, 1.807) is 7.11 Å². The Labute approximate surface area is 121 Å². The Kier molecular flexibility index (Phi) is 5.24. The van der Waals surface area contributed by atoms with E-state index in [0.717, 1.165) is 25.3 Å². The fourth-order valence-electron chi connectivity index (χ4n) is 2.45. The Morgan fingerprint density at radius 1 is 1.20 bits per heavy atom. The van der Waals surface area contributed by atoms with Gasteiger partial charge in [0.25, 0.3) is 0 Å². The largest absolute Gasteiger partial charge is 0.496 e. The molecule has 1 N–H and O–H groups in total. The molecule has 0 amide bonds. The molecule has 1 heterocycles. The number of ether oxygens (including phenoxy) is 1. The number of hydrogen-bond donors (Lipinski definition) is 1. The van der Waals surface area contributed by atoms with Gasteiger partial charge >= 0.3 is 0 Å². The van der Waals surface area contributed by atoms with Gasteiger partial charge in [0.15, 0.2) is 0 Å². The molecule has 3 nitrogen and oxygen atoms in total. The highest BCUT2D eigenvalue weighted by atomic mass is 16.5. The Morgan fingerprint density at radius 2 is 2.00 bits per heavy atom. The number of methoxy groups -OCH3 is 1. The first-order chi connectivity index (χ1) is 9.76. The summed E-state index contributed by atoms with van der Waals surface area (Å²) in [5.74, 6) is 0.946. The van der Waals surface area contributed by atoms with Crippen LogP contribution in [0.25, 0.3) is 0 Å². The molecule has 0 saturated heterocycles. The van der Waals surface area contributed by atoms with Crippen molar-refractivity contribution in [2.45, 2.75) is 32.9 Å². The highest BCUT2D eigenvalue weighted by molar-refractivity contribution is 5.34. The van der Waals surface area contributed by atoms with Gasteiger partial charge in [-0.05, 0) is 38.1 Å². The topological polar surface area (TPSA) is 26.2 Å². The molecule has 1 atom stereocenters. The zero-order valence-electron chi connectivity index (χ0n) is 12.6. The number of hydrogen-bond acceptors (Lipinski definition) is 2. The summed E-state index contributed by atoms with van der Waals surface area (Å²) in [6.07, 6.45) is 3.28. The first kappa shape index (κ1) is 14.7. The van der Waals surface area contributed by atoms with Gasteiger partial charge in [-0.3, -0.25) is 0 Å². The summed E-state index contributed by atoms with van der Waals surface area (Å²) in [6.45, 7) is 6.28. The second kappa shape index (κ2) is 7.15. The summed E-state index contributed by atoms with van der Waals surface area (Å²) in [5, 5.41) is 3.54. The van der Waals surface area contributed by atoms with Gasteiger partial charge in [0.1, 0.15) is 5.75 Å². The van der Waals surface area contributed by atoms with E-state index < -0.39 is 0 Å². The minimum absolute atomic E-state index is 0.361. The SMILES string of the molecule is CCCNC(C)c1cccn1Cc1ccccc1OC. The fraction of sp³-hybridized carbons (Fsp3) is 0.412. The van der Waals surface area contributed by atoms with Crippen LogP contribution in [0.15, 0.2) is 42.6 Å². The van der Waals surface area contributed by atoms with Crippen molar-refractivity contribution in [1.29, 1.82) is 0 Å². The van der Waals surface area contributed by atoms with E-state index in [0.29, 0.717) is 6.04 Å². The number of aromatic nitrogens is 1. The van der Waals surface area contributed by atoms with Crippen LogP contribution in [0.3, 0.4) is 0 Å². The van der Waals surface area contributed by atoms with Crippen LogP contribution in [0.1, 0.15) is 37.6 Å². The summed E-state index contributed by atoms with van der Waals surface area (Å²) in [5.41, 5.74) is 2.51. The van der Waals surface area contributed by atoms with Crippen LogP contribution < -0.4 is 10.1 Å². The van der Waals surface area contributed by atoms with Crippen molar-refractivity contribution in [3.63, 3.8) is 0 Å². The molecule has 0 fully saturated rings. The van der Waals surface area contributed by atoms with Crippen LogP contribution in [0.2, 0.25) is 0 Å². The van der Waals surface area contributed by atoms with Crippen LogP contribution in [-0.4, -0.2) is 18.2 Å². The number of rotatable bonds is 7. The van der Waals surface area contributed by atoms with Crippen molar-refractivity contribution in [3.05, 3.63) is 53.9 Å². The second-order valence-electron chi connectivity index (χ2n) is 5.05. The van der Waals surface area contributed by atoms with E-state index in [4.69, 9.17) is 4.74 Å². The quantitative estimate of drug-likeness (QED) is 0.833. The van der Waals surface area contributed by atoms with Gasteiger partial charge in [0.2, 0.25) is 0 Å². The zero-order valence-corrected chi connectivity index (χ0v) is 12.6. The smallest absolute Gasteiger partial charge is 0.123 e. The molecule has 1 unspecified atom stereocenters. The molecule has 0 saturated carbocycles. The van der Waals surface area contributed by atoms with Gasteiger partial charge in [0.05, 0.1) is 13.7 Å². The van der Waals surface area contributed by atoms with Crippen LogP contribution >= 0.6 is 0 Å². The van der Waals surface area contributed by atoms with E-state index >= 15 is 0 Å². The fourth-order valence-corrected chi connectivity index (χ4v) is 2.45. The Balaban J connectivity index is 2.16. The summed E-state index contributed by atoms with van der Waals surface area (Å²) in [4.78, 5) is 0. The van der Waals surface area contributed by atoms with Gasteiger partial charge < -0.3 is 14.6 Å². The lowest BCUT2D eigenvalue weighted by Gasteiger charge is -2.18.